The summed E-state index contributed by atoms with van der Waals surface area (Å²) in [7, 11) is 3.14. The van der Waals surface area contributed by atoms with Crippen LogP contribution in [0.5, 0.6) is 0 Å². The van der Waals surface area contributed by atoms with Crippen LogP contribution < -0.4 is 5.32 Å². The highest BCUT2D eigenvalue weighted by atomic mass is 16.5. The second-order valence-electron chi connectivity index (χ2n) is 6.62. The van der Waals surface area contributed by atoms with Crippen LogP contribution in [0.2, 0.25) is 0 Å². The minimum absolute atomic E-state index is 0.122. The molecule has 8 heteroatoms. The first kappa shape index (κ1) is 21.5. The van der Waals surface area contributed by atoms with Gasteiger partial charge in [-0.05, 0) is 16.8 Å². The van der Waals surface area contributed by atoms with Gasteiger partial charge in [0.05, 0.1) is 19.8 Å². The summed E-state index contributed by atoms with van der Waals surface area (Å²) < 4.78 is 15.5. The van der Waals surface area contributed by atoms with Gasteiger partial charge in [0.2, 0.25) is 5.89 Å². The van der Waals surface area contributed by atoms with E-state index >= 15 is 0 Å². The number of ether oxygens (including phenoxy) is 2. The molecule has 8 nitrogen and oxygen atoms in total. The van der Waals surface area contributed by atoms with E-state index in [4.69, 9.17) is 13.9 Å². The van der Waals surface area contributed by atoms with Crippen LogP contribution in [0.3, 0.4) is 0 Å². The number of amides is 2. The summed E-state index contributed by atoms with van der Waals surface area (Å²) in [5.41, 5.74) is 0.749. The Labute approximate surface area is 174 Å². The molecule has 3 aromatic rings. The van der Waals surface area contributed by atoms with Crippen molar-refractivity contribution in [1.82, 2.24) is 15.2 Å². The number of hydrogen-bond donors (Lipinski definition) is 1. The average Bonchev–Trinajstić information content (AvgIpc) is 3.24. The number of benzene rings is 2. The summed E-state index contributed by atoms with van der Waals surface area (Å²) in [5.74, 6) is -0.240. The van der Waals surface area contributed by atoms with E-state index in [1.807, 2.05) is 36.4 Å². The first-order valence-electron chi connectivity index (χ1n) is 9.61. The molecule has 30 heavy (non-hydrogen) atoms. The summed E-state index contributed by atoms with van der Waals surface area (Å²) >= 11 is 0. The maximum atomic E-state index is 13.3. The maximum absolute atomic E-state index is 13.3. The van der Waals surface area contributed by atoms with Crippen LogP contribution in [0.4, 0.5) is 0 Å². The molecule has 0 spiro atoms. The van der Waals surface area contributed by atoms with E-state index in [9.17, 15) is 9.59 Å². The zero-order valence-electron chi connectivity index (χ0n) is 17.1. The van der Waals surface area contributed by atoms with Crippen molar-refractivity contribution in [3.8, 4) is 0 Å². The second-order valence-corrected chi connectivity index (χ2v) is 6.62. The van der Waals surface area contributed by atoms with E-state index in [2.05, 4.69) is 10.3 Å². The molecule has 0 aliphatic rings. The molecule has 0 saturated heterocycles. The summed E-state index contributed by atoms with van der Waals surface area (Å²) in [4.78, 5) is 31.2. The molecule has 1 aromatic heterocycles. The Bertz CT molecular complexity index is 996. The minimum Gasteiger partial charge on any atom is -0.446 e. The third-order valence-electron chi connectivity index (χ3n) is 4.57. The highest BCUT2D eigenvalue weighted by molar-refractivity contribution is 6.07. The lowest BCUT2D eigenvalue weighted by Gasteiger charge is -2.21. The van der Waals surface area contributed by atoms with Gasteiger partial charge in [0.15, 0.2) is 5.69 Å². The van der Waals surface area contributed by atoms with Crippen LogP contribution in [-0.2, 0) is 16.0 Å². The first-order chi connectivity index (χ1) is 14.6. The predicted molar refractivity (Wildman–Crippen MR) is 111 cm³/mol. The largest absolute Gasteiger partial charge is 0.446 e. The van der Waals surface area contributed by atoms with Gasteiger partial charge in [-0.15, -0.1) is 0 Å². The van der Waals surface area contributed by atoms with Crippen LogP contribution in [0.15, 0.2) is 53.1 Å². The van der Waals surface area contributed by atoms with E-state index in [-0.39, 0.29) is 29.9 Å². The lowest BCUT2D eigenvalue weighted by Crippen LogP contribution is -2.33. The predicted octanol–water partition coefficient (Wildman–Crippen LogP) is 2.49. The first-order valence-corrected chi connectivity index (χ1v) is 9.61. The number of aromatic nitrogens is 1. The molecule has 0 aliphatic heterocycles. The van der Waals surface area contributed by atoms with Gasteiger partial charge in [-0.1, -0.05) is 36.4 Å². The normalized spacial score (nSPS) is 10.9. The molecule has 0 radical (unpaired) electrons. The van der Waals surface area contributed by atoms with Gasteiger partial charge in [0, 0.05) is 32.9 Å². The molecule has 0 atom stereocenters. The molecule has 2 aromatic carbocycles. The zero-order valence-corrected chi connectivity index (χ0v) is 17.1. The smallest absolute Gasteiger partial charge is 0.273 e. The number of carbonyl (C=O) groups excluding carboxylic acids is 2. The number of rotatable bonds is 10. The number of nitrogens with one attached hydrogen (secondary N) is 1. The fraction of sp³-hybridized carbons (Fsp3) is 0.318. The van der Waals surface area contributed by atoms with Crippen molar-refractivity contribution in [1.29, 1.82) is 0 Å². The van der Waals surface area contributed by atoms with E-state index in [1.54, 1.807) is 25.2 Å². The SMILES string of the molecule is COCCNC(=O)c1coc(CN(CCOC)C(=O)c2cccc3ccccc23)n1. The fourth-order valence-electron chi connectivity index (χ4n) is 3.04. The third-order valence-corrected chi connectivity index (χ3v) is 4.57. The molecule has 3 rings (SSSR count). The van der Waals surface area contributed by atoms with Gasteiger partial charge < -0.3 is 24.1 Å². The van der Waals surface area contributed by atoms with Gasteiger partial charge in [0.1, 0.15) is 6.26 Å². The molecule has 0 unspecified atom stereocenters. The molecule has 158 valence electrons. The maximum Gasteiger partial charge on any atom is 0.273 e. The van der Waals surface area contributed by atoms with Gasteiger partial charge in [-0.3, -0.25) is 9.59 Å². The Balaban J connectivity index is 1.78. The van der Waals surface area contributed by atoms with Crippen molar-refractivity contribution >= 4 is 22.6 Å². The topological polar surface area (TPSA) is 93.9 Å². The van der Waals surface area contributed by atoms with Crippen molar-refractivity contribution in [3.05, 3.63) is 65.9 Å². The summed E-state index contributed by atoms with van der Waals surface area (Å²) in [6.07, 6.45) is 1.29. The van der Waals surface area contributed by atoms with Crippen molar-refractivity contribution in [2.45, 2.75) is 6.54 Å². The fourth-order valence-corrected chi connectivity index (χ4v) is 3.04. The number of methoxy groups -OCH3 is 2. The highest BCUT2D eigenvalue weighted by Gasteiger charge is 2.21. The Morgan fingerprint density at radius 2 is 1.83 bits per heavy atom. The Kier molecular flexibility index (Phi) is 7.53. The van der Waals surface area contributed by atoms with Crippen LogP contribution >= 0.6 is 0 Å². The number of carbonyl (C=O) groups is 2. The highest BCUT2D eigenvalue weighted by Crippen LogP contribution is 2.21. The average molecular weight is 411 g/mol. The van der Waals surface area contributed by atoms with Crippen LogP contribution in [0.1, 0.15) is 26.7 Å². The standard InChI is InChI=1S/C22H25N3O5/c1-28-12-10-23-21(26)19-15-30-20(24-19)14-25(11-13-29-2)22(27)18-9-5-7-16-6-3-4-8-17(16)18/h3-9,15H,10-14H2,1-2H3,(H,23,26). The van der Waals surface area contributed by atoms with Crippen LogP contribution in [-0.4, -0.2) is 62.2 Å². The molecular weight excluding hydrogens is 386 g/mol. The van der Waals surface area contributed by atoms with Crippen molar-refractivity contribution in [2.75, 3.05) is 40.5 Å². The van der Waals surface area contributed by atoms with Crippen molar-refractivity contribution < 1.29 is 23.5 Å². The monoisotopic (exact) mass is 411 g/mol. The third kappa shape index (κ3) is 5.22. The second kappa shape index (κ2) is 10.5. The summed E-state index contributed by atoms with van der Waals surface area (Å²) in [6, 6.07) is 13.4. The van der Waals surface area contributed by atoms with Gasteiger partial charge in [0.25, 0.3) is 11.8 Å². The Morgan fingerprint density at radius 3 is 2.63 bits per heavy atom. The van der Waals surface area contributed by atoms with E-state index in [0.717, 1.165) is 10.8 Å². The van der Waals surface area contributed by atoms with Gasteiger partial charge in [-0.2, -0.15) is 0 Å². The summed E-state index contributed by atoms with van der Waals surface area (Å²) in [5, 5.41) is 4.54. The number of fused-ring (bicyclic) bond motifs is 1. The van der Waals surface area contributed by atoms with E-state index in [1.165, 1.54) is 6.26 Å². The van der Waals surface area contributed by atoms with Crippen LogP contribution in [0, 0.1) is 0 Å². The molecular formula is C22H25N3O5. The molecule has 1 N–H and O–H groups in total. The summed E-state index contributed by atoms with van der Waals surface area (Å²) in [6.45, 7) is 1.62. The van der Waals surface area contributed by atoms with E-state index < -0.39 is 0 Å². The number of nitrogens with zero attached hydrogens (tertiary/aromatic N) is 2. The van der Waals surface area contributed by atoms with Crippen molar-refractivity contribution in [2.24, 2.45) is 0 Å². The lowest BCUT2D eigenvalue weighted by atomic mass is 10.0. The minimum atomic E-state index is -0.356. The molecule has 1 heterocycles. The lowest BCUT2D eigenvalue weighted by molar-refractivity contribution is 0.0664. The number of oxazole rings is 1. The Morgan fingerprint density at radius 1 is 1.07 bits per heavy atom. The number of hydrogen-bond acceptors (Lipinski definition) is 6. The van der Waals surface area contributed by atoms with E-state index in [0.29, 0.717) is 31.9 Å². The van der Waals surface area contributed by atoms with Gasteiger partial charge in [-0.25, -0.2) is 4.98 Å². The van der Waals surface area contributed by atoms with Gasteiger partial charge >= 0.3 is 0 Å². The molecule has 2 amide bonds. The molecule has 0 saturated carbocycles. The van der Waals surface area contributed by atoms with Crippen LogP contribution in [0.25, 0.3) is 10.8 Å². The van der Waals surface area contributed by atoms with Crippen molar-refractivity contribution in [3.63, 3.8) is 0 Å². The molecule has 0 aliphatic carbocycles. The Hall–Kier alpha value is -3.23. The quantitative estimate of drug-likeness (QED) is 0.515. The molecule has 0 fully saturated rings. The molecule has 0 bridgehead atoms. The zero-order chi connectivity index (χ0) is 21.3.